The second-order valence-electron chi connectivity index (χ2n) is 9.30. The second-order valence-corrected chi connectivity index (χ2v) is 9.30. The molecule has 3 rings (SSSR count). The summed E-state index contributed by atoms with van der Waals surface area (Å²) in [7, 11) is 0. The van der Waals surface area contributed by atoms with Crippen LogP contribution in [-0.4, -0.2) is 56.3 Å². The third kappa shape index (κ3) is 7.24. The lowest BCUT2D eigenvalue weighted by Crippen LogP contribution is -2.45. The summed E-state index contributed by atoms with van der Waals surface area (Å²) in [6.07, 6.45) is 2.24. The molecule has 2 saturated heterocycles. The SMILES string of the molecule is CC(C)=CCOC[C@@H](OCC=C(C)C)[C@H]1OC2OC(C)(C)O[C@@H]2[C@H]1OCc1ccccc1. The second kappa shape index (κ2) is 11.5. The molecule has 0 aromatic heterocycles. The smallest absolute Gasteiger partial charge is 0.190 e. The zero-order valence-electron chi connectivity index (χ0n) is 20.2. The molecule has 0 saturated carbocycles. The van der Waals surface area contributed by atoms with Gasteiger partial charge in [-0.1, -0.05) is 53.6 Å². The fourth-order valence-corrected chi connectivity index (χ4v) is 3.75. The van der Waals surface area contributed by atoms with Gasteiger partial charge in [-0.25, -0.2) is 0 Å². The van der Waals surface area contributed by atoms with Gasteiger partial charge in [-0.05, 0) is 47.1 Å². The Labute approximate surface area is 192 Å². The van der Waals surface area contributed by atoms with Crippen LogP contribution >= 0.6 is 0 Å². The first-order valence-corrected chi connectivity index (χ1v) is 11.4. The van der Waals surface area contributed by atoms with Gasteiger partial charge in [0, 0.05) is 0 Å². The molecule has 0 radical (unpaired) electrons. The van der Waals surface area contributed by atoms with Gasteiger partial charge < -0.3 is 28.4 Å². The first-order chi connectivity index (χ1) is 15.2. The maximum absolute atomic E-state index is 6.37. The van der Waals surface area contributed by atoms with E-state index in [0.29, 0.717) is 26.4 Å². The molecule has 1 aromatic carbocycles. The highest BCUT2D eigenvalue weighted by Gasteiger charge is 2.57. The molecule has 6 heteroatoms. The van der Waals surface area contributed by atoms with Crippen LogP contribution in [-0.2, 0) is 35.0 Å². The highest BCUT2D eigenvalue weighted by Crippen LogP contribution is 2.40. The van der Waals surface area contributed by atoms with Crippen molar-refractivity contribution in [2.24, 2.45) is 0 Å². The van der Waals surface area contributed by atoms with Crippen LogP contribution in [0, 0.1) is 0 Å². The van der Waals surface area contributed by atoms with Crippen molar-refractivity contribution < 1.29 is 28.4 Å². The first kappa shape index (κ1) is 25.1. The van der Waals surface area contributed by atoms with E-state index in [9.17, 15) is 0 Å². The topological polar surface area (TPSA) is 55.4 Å². The molecule has 0 N–H and O–H groups in total. The van der Waals surface area contributed by atoms with Crippen LogP contribution in [0.5, 0.6) is 0 Å². The van der Waals surface area contributed by atoms with Gasteiger partial charge in [0.25, 0.3) is 0 Å². The number of allylic oxidation sites excluding steroid dienone is 2. The Kier molecular flexibility index (Phi) is 9.05. The third-order valence-electron chi connectivity index (χ3n) is 5.37. The van der Waals surface area contributed by atoms with Crippen molar-refractivity contribution in [3.8, 4) is 0 Å². The van der Waals surface area contributed by atoms with E-state index in [2.05, 4.69) is 39.8 Å². The van der Waals surface area contributed by atoms with Gasteiger partial charge in [0.15, 0.2) is 12.1 Å². The van der Waals surface area contributed by atoms with Crippen LogP contribution in [0.25, 0.3) is 0 Å². The van der Waals surface area contributed by atoms with Crippen LogP contribution in [0.2, 0.25) is 0 Å². The molecule has 0 aliphatic carbocycles. The van der Waals surface area contributed by atoms with Gasteiger partial charge in [-0.3, -0.25) is 0 Å². The zero-order chi connectivity index (χ0) is 23.1. The molecule has 0 spiro atoms. The molecular formula is C26H38O6. The number of fused-ring (bicyclic) bond motifs is 1. The molecular weight excluding hydrogens is 408 g/mol. The van der Waals surface area contributed by atoms with Gasteiger partial charge in [-0.15, -0.1) is 0 Å². The molecule has 1 unspecified atom stereocenters. The van der Waals surface area contributed by atoms with E-state index in [1.54, 1.807) is 0 Å². The molecule has 2 aliphatic heterocycles. The van der Waals surface area contributed by atoms with Crippen LogP contribution in [0.3, 0.4) is 0 Å². The van der Waals surface area contributed by atoms with Crippen LogP contribution in [0.4, 0.5) is 0 Å². The van der Waals surface area contributed by atoms with Gasteiger partial charge >= 0.3 is 0 Å². The van der Waals surface area contributed by atoms with E-state index in [0.717, 1.165) is 5.56 Å². The Morgan fingerprint density at radius 2 is 1.69 bits per heavy atom. The summed E-state index contributed by atoms with van der Waals surface area (Å²) < 4.78 is 36.9. The van der Waals surface area contributed by atoms with E-state index in [1.165, 1.54) is 11.1 Å². The maximum Gasteiger partial charge on any atom is 0.190 e. The molecule has 32 heavy (non-hydrogen) atoms. The summed E-state index contributed by atoms with van der Waals surface area (Å²) in [6.45, 7) is 13.8. The van der Waals surface area contributed by atoms with Gasteiger partial charge in [0.2, 0.25) is 0 Å². The zero-order valence-corrected chi connectivity index (χ0v) is 20.2. The van der Waals surface area contributed by atoms with Crippen molar-refractivity contribution in [3.05, 3.63) is 59.2 Å². The average Bonchev–Trinajstić information content (AvgIpc) is 3.20. The van der Waals surface area contributed by atoms with Crippen molar-refractivity contribution in [3.63, 3.8) is 0 Å². The van der Waals surface area contributed by atoms with Crippen LogP contribution in [0.15, 0.2) is 53.6 Å². The molecule has 2 aliphatic rings. The van der Waals surface area contributed by atoms with Crippen molar-refractivity contribution >= 4 is 0 Å². The average molecular weight is 447 g/mol. The highest BCUT2D eigenvalue weighted by molar-refractivity contribution is 5.13. The molecule has 1 aromatic rings. The molecule has 0 bridgehead atoms. The molecule has 2 heterocycles. The number of ether oxygens (including phenoxy) is 6. The van der Waals surface area contributed by atoms with E-state index >= 15 is 0 Å². The summed E-state index contributed by atoms with van der Waals surface area (Å²) in [4.78, 5) is 0. The standard InChI is InChI=1S/C26H38O6/c1-18(2)12-14-27-17-21(28-15-13-19(3)4)22-23(29-16-20-10-8-7-9-11-20)24-25(30-22)32-26(5,6)31-24/h7-13,21-25H,14-17H2,1-6H3/t21-,22-,23+,24-,25?/m1/s1. The molecule has 2 fully saturated rings. The fourth-order valence-electron chi connectivity index (χ4n) is 3.75. The Morgan fingerprint density at radius 3 is 2.38 bits per heavy atom. The molecule has 6 nitrogen and oxygen atoms in total. The summed E-state index contributed by atoms with van der Waals surface area (Å²) in [5.41, 5.74) is 3.50. The van der Waals surface area contributed by atoms with Gasteiger partial charge in [0.1, 0.15) is 24.4 Å². The fraction of sp³-hybridized carbons (Fsp3) is 0.615. The lowest BCUT2D eigenvalue weighted by molar-refractivity contribution is -0.236. The predicted octanol–water partition coefficient (Wildman–Crippen LogP) is 4.78. The minimum absolute atomic E-state index is 0.321. The maximum atomic E-state index is 6.37. The van der Waals surface area contributed by atoms with Crippen molar-refractivity contribution in [2.75, 3.05) is 19.8 Å². The van der Waals surface area contributed by atoms with Crippen molar-refractivity contribution in [2.45, 2.75) is 84.6 Å². The first-order valence-electron chi connectivity index (χ1n) is 11.4. The van der Waals surface area contributed by atoms with Crippen molar-refractivity contribution in [1.82, 2.24) is 0 Å². The number of hydrogen-bond acceptors (Lipinski definition) is 6. The number of hydrogen-bond donors (Lipinski definition) is 0. The normalized spacial score (nSPS) is 27.1. The number of rotatable bonds is 11. The lowest BCUT2D eigenvalue weighted by Gasteiger charge is -2.31. The molecule has 178 valence electrons. The monoisotopic (exact) mass is 446 g/mol. The van der Waals surface area contributed by atoms with E-state index in [-0.39, 0.29) is 24.4 Å². The Bertz CT molecular complexity index is 764. The minimum Gasteiger partial charge on any atom is -0.375 e. The Hall–Kier alpha value is -1.54. The third-order valence-corrected chi connectivity index (χ3v) is 5.37. The Morgan fingerprint density at radius 1 is 1.00 bits per heavy atom. The van der Waals surface area contributed by atoms with Crippen molar-refractivity contribution in [1.29, 1.82) is 0 Å². The predicted molar refractivity (Wildman–Crippen MR) is 123 cm³/mol. The lowest BCUT2D eigenvalue weighted by atomic mass is 10.1. The van der Waals surface area contributed by atoms with Gasteiger partial charge in [-0.2, -0.15) is 0 Å². The van der Waals surface area contributed by atoms with E-state index < -0.39 is 12.1 Å². The minimum atomic E-state index is -0.715. The largest absolute Gasteiger partial charge is 0.375 e. The van der Waals surface area contributed by atoms with Gasteiger partial charge in [0.05, 0.1) is 26.4 Å². The van der Waals surface area contributed by atoms with Crippen LogP contribution < -0.4 is 0 Å². The summed E-state index contributed by atoms with van der Waals surface area (Å²) in [6, 6.07) is 10.1. The Balaban J connectivity index is 1.74. The number of benzene rings is 1. The molecule has 5 atom stereocenters. The van der Waals surface area contributed by atoms with Crippen LogP contribution in [0.1, 0.15) is 47.1 Å². The summed E-state index contributed by atoms with van der Waals surface area (Å²) >= 11 is 0. The van der Waals surface area contributed by atoms with E-state index in [4.69, 9.17) is 28.4 Å². The van der Waals surface area contributed by atoms with E-state index in [1.807, 2.05) is 44.2 Å². The molecule has 0 amide bonds. The quantitative estimate of drug-likeness (QED) is 0.360. The highest BCUT2D eigenvalue weighted by atomic mass is 16.8. The summed E-state index contributed by atoms with van der Waals surface area (Å²) in [5.74, 6) is -0.715. The summed E-state index contributed by atoms with van der Waals surface area (Å²) in [5, 5.41) is 0.